The van der Waals surface area contributed by atoms with Gasteiger partial charge in [0, 0.05) is 29.2 Å². The highest BCUT2D eigenvalue weighted by molar-refractivity contribution is 9.10. The Kier molecular flexibility index (Phi) is 4.24. The molecule has 1 aliphatic heterocycles. The fourth-order valence-electron chi connectivity index (χ4n) is 2.13. The summed E-state index contributed by atoms with van der Waals surface area (Å²) in [7, 11) is 0. The maximum atomic E-state index is 11.1. The summed E-state index contributed by atoms with van der Waals surface area (Å²) < 4.78 is 6.25. The van der Waals surface area contributed by atoms with Crippen LogP contribution in [0.3, 0.4) is 0 Å². The van der Waals surface area contributed by atoms with Crippen molar-refractivity contribution >= 4 is 27.6 Å². The zero-order chi connectivity index (χ0) is 13.1. The van der Waals surface area contributed by atoms with Gasteiger partial charge >= 0.3 is 5.97 Å². The Morgan fingerprint density at radius 1 is 1.61 bits per heavy atom. The molecule has 1 fully saturated rings. The Bertz CT molecular complexity index is 450. The van der Waals surface area contributed by atoms with Crippen LogP contribution >= 0.6 is 15.9 Å². The first-order valence-corrected chi connectivity index (χ1v) is 6.75. The molecule has 5 heteroatoms. The van der Waals surface area contributed by atoms with Gasteiger partial charge in [-0.25, -0.2) is 4.79 Å². The fourth-order valence-corrected chi connectivity index (χ4v) is 2.49. The number of ether oxygens (including phenoxy) is 1. The molecule has 0 radical (unpaired) electrons. The summed E-state index contributed by atoms with van der Waals surface area (Å²) in [6.45, 7) is 3.59. The first-order valence-electron chi connectivity index (χ1n) is 5.96. The number of halogens is 1. The maximum Gasteiger partial charge on any atom is 0.337 e. The minimum Gasteiger partial charge on any atom is -0.478 e. The van der Waals surface area contributed by atoms with Gasteiger partial charge in [-0.15, -0.1) is 0 Å². The zero-order valence-electron chi connectivity index (χ0n) is 10.1. The number of anilines is 1. The molecule has 1 heterocycles. The van der Waals surface area contributed by atoms with Crippen molar-refractivity contribution in [3.63, 3.8) is 0 Å². The van der Waals surface area contributed by atoms with Crippen LogP contribution < -0.4 is 5.32 Å². The number of aromatic carboxylic acids is 1. The second-order valence-corrected chi connectivity index (χ2v) is 5.42. The van der Waals surface area contributed by atoms with Gasteiger partial charge in [-0.3, -0.25) is 0 Å². The lowest BCUT2D eigenvalue weighted by molar-refractivity contribution is 0.0698. The Morgan fingerprint density at radius 2 is 2.39 bits per heavy atom. The van der Waals surface area contributed by atoms with Crippen LogP contribution in [-0.2, 0) is 4.74 Å². The van der Waals surface area contributed by atoms with Gasteiger partial charge in [0.15, 0.2) is 0 Å². The third-order valence-corrected chi connectivity index (χ3v) is 3.79. The molecule has 4 nitrogen and oxygen atoms in total. The molecule has 2 rings (SSSR count). The Balaban J connectivity index is 2.06. The van der Waals surface area contributed by atoms with Crippen LogP contribution in [0, 0.1) is 5.92 Å². The quantitative estimate of drug-likeness (QED) is 0.897. The number of rotatable bonds is 4. The molecule has 0 spiro atoms. The average molecular weight is 314 g/mol. The van der Waals surface area contributed by atoms with E-state index in [9.17, 15) is 4.79 Å². The highest BCUT2D eigenvalue weighted by Crippen LogP contribution is 2.24. The first kappa shape index (κ1) is 13.4. The maximum absolute atomic E-state index is 11.1. The van der Waals surface area contributed by atoms with E-state index in [0.29, 0.717) is 11.6 Å². The molecule has 2 unspecified atom stereocenters. The largest absolute Gasteiger partial charge is 0.478 e. The number of carboxylic acids is 1. The third-order valence-electron chi connectivity index (χ3n) is 3.30. The second-order valence-electron chi connectivity index (χ2n) is 4.50. The van der Waals surface area contributed by atoms with Crippen LogP contribution in [0.2, 0.25) is 0 Å². The smallest absolute Gasteiger partial charge is 0.337 e. The number of hydrogen-bond acceptors (Lipinski definition) is 3. The number of hydrogen-bond donors (Lipinski definition) is 2. The van der Waals surface area contributed by atoms with Crippen LogP contribution in [-0.4, -0.2) is 30.3 Å². The summed E-state index contributed by atoms with van der Waals surface area (Å²) in [5, 5.41) is 12.4. The molecule has 0 bridgehead atoms. The topological polar surface area (TPSA) is 58.6 Å². The molecule has 1 aromatic rings. The van der Waals surface area contributed by atoms with Crippen molar-refractivity contribution in [2.75, 3.05) is 18.5 Å². The van der Waals surface area contributed by atoms with Gasteiger partial charge in [0.25, 0.3) is 0 Å². The SMILES string of the molecule is CC1OCCC1CNc1ccc(Br)cc1C(=O)O. The molecule has 18 heavy (non-hydrogen) atoms. The zero-order valence-corrected chi connectivity index (χ0v) is 11.7. The molecule has 1 aromatic carbocycles. The second kappa shape index (κ2) is 5.71. The number of carbonyl (C=O) groups is 1. The summed E-state index contributed by atoms with van der Waals surface area (Å²) in [6, 6.07) is 5.23. The van der Waals surface area contributed by atoms with Gasteiger partial charge in [-0.2, -0.15) is 0 Å². The normalized spacial score (nSPS) is 23.0. The van der Waals surface area contributed by atoms with E-state index in [4.69, 9.17) is 9.84 Å². The molecular weight excluding hydrogens is 298 g/mol. The van der Waals surface area contributed by atoms with Crippen molar-refractivity contribution in [1.29, 1.82) is 0 Å². The van der Waals surface area contributed by atoms with E-state index in [-0.39, 0.29) is 11.7 Å². The minimum atomic E-state index is -0.922. The van der Waals surface area contributed by atoms with Crippen LogP contribution in [0.5, 0.6) is 0 Å². The van der Waals surface area contributed by atoms with Crippen molar-refractivity contribution in [2.45, 2.75) is 19.4 Å². The third kappa shape index (κ3) is 3.03. The Hall–Kier alpha value is -1.07. The van der Waals surface area contributed by atoms with Gasteiger partial charge < -0.3 is 15.2 Å². The van der Waals surface area contributed by atoms with E-state index >= 15 is 0 Å². The van der Waals surface area contributed by atoms with E-state index in [1.807, 2.05) is 6.07 Å². The van der Waals surface area contributed by atoms with Crippen LogP contribution in [0.15, 0.2) is 22.7 Å². The Morgan fingerprint density at radius 3 is 3.00 bits per heavy atom. The van der Waals surface area contributed by atoms with Crippen molar-refractivity contribution in [3.05, 3.63) is 28.2 Å². The summed E-state index contributed by atoms with van der Waals surface area (Å²) in [6.07, 6.45) is 1.26. The van der Waals surface area contributed by atoms with Crippen LogP contribution in [0.25, 0.3) is 0 Å². The molecule has 0 aromatic heterocycles. The van der Waals surface area contributed by atoms with Gasteiger partial charge in [-0.1, -0.05) is 15.9 Å². The number of nitrogens with one attached hydrogen (secondary N) is 1. The lowest BCUT2D eigenvalue weighted by Gasteiger charge is -2.16. The highest BCUT2D eigenvalue weighted by atomic mass is 79.9. The molecule has 1 saturated heterocycles. The van der Waals surface area contributed by atoms with Crippen LogP contribution in [0.4, 0.5) is 5.69 Å². The first-order chi connectivity index (χ1) is 8.58. The molecular formula is C13H16BrNO3. The van der Waals surface area contributed by atoms with E-state index in [0.717, 1.165) is 24.0 Å². The van der Waals surface area contributed by atoms with E-state index in [2.05, 4.69) is 28.2 Å². The average Bonchev–Trinajstić information content (AvgIpc) is 2.73. The standard InChI is InChI=1S/C13H16BrNO3/c1-8-9(4-5-18-8)7-15-12-3-2-10(14)6-11(12)13(16)17/h2-3,6,8-9,15H,4-5,7H2,1H3,(H,16,17). The highest BCUT2D eigenvalue weighted by Gasteiger charge is 2.24. The number of carboxylic acid groups (broad SMARTS) is 1. The predicted molar refractivity (Wildman–Crippen MR) is 73.1 cm³/mol. The molecule has 2 atom stereocenters. The van der Waals surface area contributed by atoms with E-state index < -0.39 is 5.97 Å². The van der Waals surface area contributed by atoms with Gasteiger partial charge in [0.1, 0.15) is 0 Å². The number of benzene rings is 1. The van der Waals surface area contributed by atoms with Crippen molar-refractivity contribution in [3.8, 4) is 0 Å². The van der Waals surface area contributed by atoms with E-state index in [1.54, 1.807) is 12.1 Å². The van der Waals surface area contributed by atoms with Crippen molar-refractivity contribution in [2.24, 2.45) is 5.92 Å². The molecule has 1 aliphatic rings. The lowest BCUT2D eigenvalue weighted by atomic mass is 10.0. The summed E-state index contributed by atoms with van der Waals surface area (Å²) in [4.78, 5) is 11.1. The minimum absolute atomic E-state index is 0.237. The molecule has 98 valence electrons. The van der Waals surface area contributed by atoms with Crippen LogP contribution in [0.1, 0.15) is 23.7 Å². The van der Waals surface area contributed by atoms with Gasteiger partial charge in [0.05, 0.1) is 11.7 Å². The summed E-state index contributed by atoms with van der Waals surface area (Å²) >= 11 is 3.28. The predicted octanol–water partition coefficient (Wildman–Crippen LogP) is 2.98. The molecule has 0 aliphatic carbocycles. The monoisotopic (exact) mass is 313 g/mol. The molecule has 2 N–H and O–H groups in total. The van der Waals surface area contributed by atoms with Crippen molar-refractivity contribution in [1.82, 2.24) is 0 Å². The molecule has 0 amide bonds. The lowest BCUT2D eigenvalue weighted by Crippen LogP contribution is -2.21. The van der Waals surface area contributed by atoms with Gasteiger partial charge in [0.2, 0.25) is 0 Å². The summed E-state index contributed by atoms with van der Waals surface area (Å²) in [5.74, 6) is -0.482. The van der Waals surface area contributed by atoms with E-state index in [1.165, 1.54) is 0 Å². The Labute approximate surface area is 114 Å². The molecule has 0 saturated carbocycles. The fraction of sp³-hybridized carbons (Fsp3) is 0.462. The van der Waals surface area contributed by atoms with Crippen molar-refractivity contribution < 1.29 is 14.6 Å². The van der Waals surface area contributed by atoms with Gasteiger partial charge in [-0.05, 0) is 31.5 Å². The summed E-state index contributed by atoms with van der Waals surface area (Å²) in [5.41, 5.74) is 0.945.